The molecule has 88 valence electrons. The molecule has 0 unspecified atom stereocenters. The lowest BCUT2D eigenvalue weighted by Gasteiger charge is -2.29. The van der Waals surface area contributed by atoms with E-state index in [1.165, 1.54) is 12.4 Å². The Balaban J connectivity index is 2.77. The zero-order chi connectivity index (χ0) is 12.0. The molecule has 0 aliphatic rings. The van der Waals surface area contributed by atoms with Crippen molar-refractivity contribution in [1.29, 1.82) is 0 Å². The molecule has 0 fully saturated rings. The molecule has 1 aromatic rings. The summed E-state index contributed by atoms with van der Waals surface area (Å²) in [6.45, 7) is 2.04. The Labute approximate surface area is 111 Å². The fraction of sp³-hybridized carbons (Fsp3) is 0.500. The van der Waals surface area contributed by atoms with Crippen LogP contribution in [0.5, 0.6) is 0 Å². The Kier molecular flexibility index (Phi) is 5.34. The van der Waals surface area contributed by atoms with Crippen LogP contribution in [0.1, 0.15) is 23.7 Å². The van der Waals surface area contributed by atoms with Crippen molar-refractivity contribution in [2.45, 2.75) is 18.9 Å². The summed E-state index contributed by atoms with van der Waals surface area (Å²) in [4.78, 5) is 11.9. The molecule has 0 aliphatic heterocycles. The first-order valence-corrected chi connectivity index (χ1v) is 7.13. The minimum atomic E-state index is -0.264. The summed E-state index contributed by atoms with van der Waals surface area (Å²) in [7, 11) is 0. The molecular formula is C10H13Br2N3O. The first-order chi connectivity index (χ1) is 7.67. The lowest BCUT2D eigenvalue weighted by Crippen LogP contribution is -2.51. The Morgan fingerprint density at radius 1 is 1.44 bits per heavy atom. The van der Waals surface area contributed by atoms with E-state index in [4.69, 9.17) is 0 Å². The molecule has 0 saturated heterocycles. The van der Waals surface area contributed by atoms with Crippen LogP contribution in [0.3, 0.4) is 0 Å². The van der Waals surface area contributed by atoms with Gasteiger partial charge in [0.15, 0.2) is 0 Å². The molecule has 1 amide bonds. The Bertz CT molecular complexity index is 333. The quantitative estimate of drug-likeness (QED) is 0.828. The van der Waals surface area contributed by atoms with E-state index in [1.54, 1.807) is 6.07 Å². The van der Waals surface area contributed by atoms with Gasteiger partial charge in [0.25, 0.3) is 5.91 Å². The molecule has 0 atom stereocenters. The number of hydrogen-bond donors (Lipinski definition) is 1. The van der Waals surface area contributed by atoms with Crippen LogP contribution in [0, 0.1) is 0 Å². The number of rotatable bonds is 5. The van der Waals surface area contributed by atoms with Crippen molar-refractivity contribution in [1.82, 2.24) is 15.5 Å². The molecule has 1 heterocycles. The molecule has 0 radical (unpaired) electrons. The van der Waals surface area contributed by atoms with E-state index in [0.29, 0.717) is 16.2 Å². The van der Waals surface area contributed by atoms with Crippen LogP contribution in [-0.4, -0.2) is 32.3 Å². The summed E-state index contributed by atoms with van der Waals surface area (Å²) >= 11 is 6.84. The maximum atomic E-state index is 11.9. The summed E-state index contributed by atoms with van der Waals surface area (Å²) in [5.41, 5.74) is 0.259. The summed E-state index contributed by atoms with van der Waals surface area (Å²) in [5.74, 6) is -0.129. The smallest absolute Gasteiger partial charge is 0.253 e. The van der Waals surface area contributed by atoms with E-state index in [2.05, 4.69) is 47.4 Å². The minimum absolute atomic E-state index is 0.129. The third-order valence-electron chi connectivity index (χ3n) is 2.41. The van der Waals surface area contributed by atoms with E-state index in [-0.39, 0.29) is 11.4 Å². The number of halogens is 2. The van der Waals surface area contributed by atoms with E-state index in [1.807, 2.05) is 6.92 Å². The predicted molar refractivity (Wildman–Crippen MR) is 70.1 cm³/mol. The first kappa shape index (κ1) is 13.6. The monoisotopic (exact) mass is 349 g/mol. The van der Waals surface area contributed by atoms with Crippen molar-refractivity contribution in [2.75, 3.05) is 10.7 Å². The number of carbonyl (C=O) groups is 1. The minimum Gasteiger partial charge on any atom is -0.345 e. The number of carbonyl (C=O) groups excluding carboxylic acids is 1. The zero-order valence-electron chi connectivity index (χ0n) is 8.91. The maximum absolute atomic E-state index is 11.9. The van der Waals surface area contributed by atoms with Crippen molar-refractivity contribution in [3.8, 4) is 0 Å². The van der Waals surface area contributed by atoms with E-state index < -0.39 is 0 Å². The second-order valence-corrected chi connectivity index (χ2v) is 4.61. The number of hydrogen-bond acceptors (Lipinski definition) is 3. The molecule has 1 aromatic heterocycles. The molecule has 0 aromatic carbocycles. The SMILES string of the molecule is CCC(CBr)(CBr)NC(=O)c1ccnnc1. The van der Waals surface area contributed by atoms with Gasteiger partial charge in [-0.3, -0.25) is 4.79 Å². The summed E-state index contributed by atoms with van der Waals surface area (Å²) in [6, 6.07) is 1.64. The third kappa shape index (κ3) is 3.25. The highest BCUT2D eigenvalue weighted by atomic mass is 79.9. The molecule has 4 nitrogen and oxygen atoms in total. The molecular weight excluding hydrogens is 338 g/mol. The van der Waals surface area contributed by atoms with Gasteiger partial charge in [-0.2, -0.15) is 10.2 Å². The van der Waals surface area contributed by atoms with E-state index >= 15 is 0 Å². The number of amides is 1. The van der Waals surface area contributed by atoms with Gasteiger partial charge in [-0.25, -0.2) is 0 Å². The number of alkyl halides is 2. The molecule has 1 N–H and O–H groups in total. The van der Waals surface area contributed by atoms with Crippen molar-refractivity contribution < 1.29 is 4.79 Å². The lowest BCUT2D eigenvalue weighted by molar-refractivity contribution is 0.0915. The third-order valence-corrected chi connectivity index (χ3v) is 4.56. The van der Waals surface area contributed by atoms with Gasteiger partial charge in [-0.15, -0.1) is 0 Å². The van der Waals surface area contributed by atoms with Gasteiger partial charge in [-0.1, -0.05) is 38.8 Å². The summed E-state index contributed by atoms with van der Waals surface area (Å²) in [5, 5.41) is 11.7. The fourth-order valence-electron chi connectivity index (χ4n) is 1.12. The van der Waals surface area contributed by atoms with E-state index in [9.17, 15) is 4.79 Å². The number of nitrogens with zero attached hydrogens (tertiary/aromatic N) is 2. The predicted octanol–water partition coefficient (Wildman–Crippen LogP) is 2.15. The van der Waals surface area contributed by atoms with Gasteiger partial charge in [0.1, 0.15) is 0 Å². The molecule has 0 aliphatic carbocycles. The average molecular weight is 351 g/mol. The molecule has 0 spiro atoms. The van der Waals surface area contributed by atoms with Crippen LogP contribution in [0.2, 0.25) is 0 Å². The summed E-state index contributed by atoms with van der Waals surface area (Å²) < 4.78 is 0. The van der Waals surface area contributed by atoms with Crippen molar-refractivity contribution in [2.24, 2.45) is 0 Å². The molecule has 0 bridgehead atoms. The molecule has 16 heavy (non-hydrogen) atoms. The van der Waals surface area contributed by atoms with E-state index in [0.717, 1.165) is 6.42 Å². The Hall–Kier alpha value is -0.490. The largest absolute Gasteiger partial charge is 0.345 e. The first-order valence-electron chi connectivity index (χ1n) is 4.88. The molecule has 1 rings (SSSR count). The van der Waals surface area contributed by atoms with Crippen LogP contribution in [0.25, 0.3) is 0 Å². The maximum Gasteiger partial charge on any atom is 0.253 e. The zero-order valence-corrected chi connectivity index (χ0v) is 12.1. The highest BCUT2D eigenvalue weighted by Gasteiger charge is 2.28. The highest BCUT2D eigenvalue weighted by Crippen LogP contribution is 2.17. The fourth-order valence-corrected chi connectivity index (χ4v) is 3.12. The second-order valence-electron chi connectivity index (χ2n) is 3.49. The van der Waals surface area contributed by atoms with Crippen LogP contribution in [0.4, 0.5) is 0 Å². The molecule has 0 saturated carbocycles. The van der Waals surface area contributed by atoms with Crippen LogP contribution >= 0.6 is 31.9 Å². The van der Waals surface area contributed by atoms with Crippen LogP contribution in [0.15, 0.2) is 18.5 Å². The Morgan fingerprint density at radius 2 is 2.12 bits per heavy atom. The lowest BCUT2D eigenvalue weighted by atomic mass is 10.0. The topological polar surface area (TPSA) is 54.9 Å². The van der Waals surface area contributed by atoms with Gasteiger partial charge in [0.05, 0.1) is 23.5 Å². The second kappa shape index (κ2) is 6.30. The molecule has 6 heteroatoms. The van der Waals surface area contributed by atoms with Crippen molar-refractivity contribution in [3.63, 3.8) is 0 Å². The van der Waals surface area contributed by atoms with Gasteiger partial charge in [-0.05, 0) is 12.5 Å². The Morgan fingerprint density at radius 3 is 2.56 bits per heavy atom. The standard InChI is InChI=1S/C10H13Br2N3O/c1-2-10(6-11,7-12)15-9(16)8-3-4-13-14-5-8/h3-5H,2,6-7H2,1H3,(H,15,16). The number of aromatic nitrogens is 2. The average Bonchev–Trinajstić information content (AvgIpc) is 2.37. The van der Waals surface area contributed by atoms with Crippen LogP contribution in [-0.2, 0) is 0 Å². The number of nitrogens with one attached hydrogen (secondary N) is 1. The summed E-state index contributed by atoms with van der Waals surface area (Å²) in [6.07, 6.45) is 3.80. The normalized spacial score (nSPS) is 11.2. The highest BCUT2D eigenvalue weighted by molar-refractivity contribution is 9.09. The van der Waals surface area contributed by atoms with Crippen LogP contribution < -0.4 is 5.32 Å². The van der Waals surface area contributed by atoms with Crippen molar-refractivity contribution in [3.05, 3.63) is 24.0 Å². The van der Waals surface area contributed by atoms with Crippen molar-refractivity contribution >= 4 is 37.8 Å². The van der Waals surface area contributed by atoms with Gasteiger partial charge in [0, 0.05) is 10.7 Å². The van der Waals surface area contributed by atoms with Gasteiger partial charge >= 0.3 is 0 Å². The van der Waals surface area contributed by atoms with Gasteiger partial charge < -0.3 is 5.32 Å². The van der Waals surface area contributed by atoms with Gasteiger partial charge in [0.2, 0.25) is 0 Å².